The summed E-state index contributed by atoms with van der Waals surface area (Å²) in [4.78, 5) is 36.4. The van der Waals surface area contributed by atoms with E-state index in [0.29, 0.717) is 31.7 Å². The van der Waals surface area contributed by atoms with Crippen molar-refractivity contribution in [3.05, 3.63) is 83.2 Å². The average molecular weight is 571 g/mol. The first-order valence-electron chi connectivity index (χ1n) is 12.3. The minimum absolute atomic E-state index is 0.184. The van der Waals surface area contributed by atoms with Crippen LogP contribution in [0.25, 0.3) is 0 Å². The monoisotopic (exact) mass is 570 g/mol. The van der Waals surface area contributed by atoms with Gasteiger partial charge in [-0.05, 0) is 67.6 Å². The van der Waals surface area contributed by atoms with E-state index in [9.17, 15) is 22.8 Å². The van der Waals surface area contributed by atoms with Crippen molar-refractivity contribution in [2.24, 2.45) is 0 Å². The number of thiol groups is 1. The smallest absolute Gasteiger partial charge is 0.352 e. The number of alkyl halides is 3. The molecule has 1 spiro atoms. The Morgan fingerprint density at radius 3 is 2.50 bits per heavy atom. The maximum atomic E-state index is 15.2. The van der Waals surface area contributed by atoms with Crippen LogP contribution in [0.4, 0.5) is 28.9 Å². The first-order chi connectivity index (χ1) is 19.1. The number of nitriles is 1. The van der Waals surface area contributed by atoms with Gasteiger partial charge in [-0.2, -0.15) is 18.4 Å². The van der Waals surface area contributed by atoms with Gasteiger partial charge in [-0.3, -0.25) is 19.5 Å². The molecule has 1 unspecified atom stereocenters. The van der Waals surface area contributed by atoms with Crippen molar-refractivity contribution in [1.29, 1.82) is 5.26 Å². The highest BCUT2D eigenvalue weighted by molar-refractivity contribution is 7.81. The molecule has 206 valence electrons. The molecule has 1 saturated heterocycles. The first kappa shape index (κ1) is 27.4. The second-order valence-corrected chi connectivity index (χ2v) is 9.96. The van der Waals surface area contributed by atoms with Gasteiger partial charge in [0.2, 0.25) is 0 Å². The molecule has 1 saturated carbocycles. The third kappa shape index (κ3) is 4.72. The number of pyridine rings is 2. The maximum absolute atomic E-state index is 15.2. The molecule has 1 aliphatic heterocycles. The third-order valence-electron chi connectivity index (χ3n) is 7.21. The summed E-state index contributed by atoms with van der Waals surface area (Å²) >= 11 is 4.55. The minimum Gasteiger partial charge on any atom is -0.352 e. The molecule has 1 aromatic carbocycles. The predicted molar refractivity (Wildman–Crippen MR) is 140 cm³/mol. The predicted octanol–water partition coefficient (Wildman–Crippen LogP) is 4.47. The van der Waals surface area contributed by atoms with Crippen LogP contribution in [0.2, 0.25) is 0 Å². The zero-order valence-electron chi connectivity index (χ0n) is 20.8. The number of halogens is 4. The molecule has 0 radical (unpaired) electrons. The highest BCUT2D eigenvalue weighted by Crippen LogP contribution is 2.50. The van der Waals surface area contributed by atoms with E-state index >= 15 is 4.39 Å². The molecule has 5 rings (SSSR count). The zero-order valence-corrected chi connectivity index (χ0v) is 21.7. The summed E-state index contributed by atoms with van der Waals surface area (Å²) in [6.45, 7) is 0.278. The molecule has 1 N–H and O–H groups in total. The van der Waals surface area contributed by atoms with Crippen molar-refractivity contribution in [3.8, 4) is 6.07 Å². The van der Waals surface area contributed by atoms with Crippen LogP contribution < -0.4 is 15.1 Å². The van der Waals surface area contributed by atoms with Crippen LogP contribution >= 0.6 is 12.6 Å². The highest BCUT2D eigenvalue weighted by Gasteiger charge is 2.60. The number of carbonyl (C=O) groups is 2. The Labute approximate surface area is 232 Å². The van der Waals surface area contributed by atoms with Gasteiger partial charge in [0, 0.05) is 24.6 Å². The van der Waals surface area contributed by atoms with Gasteiger partial charge in [0.05, 0.1) is 23.0 Å². The standard InChI is InChI=1S/C27H22F4N6O2S/c28-21-13-17(2-3-19(21)23(38)34-11-6-16-4-9-33-10-5-16)37-25(40)36(24(39)26(37)7-1-8-26)18-12-20(27(29,30)31)22(14-32)35-15-18/h2-5,9-10,12-13,15,25,40H,1,6-8,11H2,(H,34,38). The van der Waals surface area contributed by atoms with Gasteiger partial charge in [-0.25, -0.2) is 9.37 Å². The van der Waals surface area contributed by atoms with E-state index in [0.717, 1.165) is 22.7 Å². The Hall–Kier alpha value is -4.18. The van der Waals surface area contributed by atoms with Crippen molar-refractivity contribution in [2.45, 2.75) is 42.9 Å². The molecule has 2 fully saturated rings. The normalized spacial score (nSPS) is 18.0. The first-order valence-corrected chi connectivity index (χ1v) is 12.8. The van der Waals surface area contributed by atoms with E-state index in [1.807, 2.05) is 12.1 Å². The summed E-state index contributed by atoms with van der Waals surface area (Å²) in [6, 6.07) is 9.64. The van der Waals surface area contributed by atoms with Gasteiger partial charge in [0.25, 0.3) is 11.8 Å². The molecular formula is C27H22F4N6O2S. The largest absolute Gasteiger partial charge is 0.419 e. The number of nitrogens with one attached hydrogen (secondary N) is 1. The molecule has 2 amide bonds. The molecule has 1 atom stereocenters. The Bertz CT molecular complexity index is 1510. The average Bonchev–Trinajstić information content (AvgIpc) is 3.14. The van der Waals surface area contributed by atoms with Crippen LogP contribution in [0.3, 0.4) is 0 Å². The topological polar surface area (TPSA) is 102 Å². The highest BCUT2D eigenvalue weighted by atomic mass is 32.1. The van der Waals surface area contributed by atoms with Gasteiger partial charge >= 0.3 is 6.18 Å². The Balaban J connectivity index is 1.41. The van der Waals surface area contributed by atoms with Crippen LogP contribution in [0.1, 0.15) is 46.4 Å². The number of nitrogens with zero attached hydrogens (tertiary/aromatic N) is 5. The number of hydrogen-bond acceptors (Lipinski definition) is 7. The molecule has 2 aliphatic rings. The van der Waals surface area contributed by atoms with Crippen LogP contribution in [0, 0.1) is 17.1 Å². The summed E-state index contributed by atoms with van der Waals surface area (Å²) in [7, 11) is 0. The van der Waals surface area contributed by atoms with Crippen molar-refractivity contribution >= 4 is 35.8 Å². The van der Waals surface area contributed by atoms with Gasteiger partial charge in [0.15, 0.2) is 11.2 Å². The molecule has 3 aromatic rings. The lowest BCUT2D eigenvalue weighted by atomic mass is 9.75. The van der Waals surface area contributed by atoms with Crippen LogP contribution in [-0.2, 0) is 17.4 Å². The second kappa shape index (κ2) is 10.4. The van der Waals surface area contributed by atoms with E-state index < -0.39 is 46.1 Å². The zero-order chi connectivity index (χ0) is 28.7. The van der Waals surface area contributed by atoms with E-state index in [1.54, 1.807) is 17.3 Å². The lowest BCUT2D eigenvalue weighted by Crippen LogP contribution is -2.55. The van der Waals surface area contributed by atoms with Crippen molar-refractivity contribution < 1.29 is 27.2 Å². The number of aromatic nitrogens is 2. The molecule has 0 bridgehead atoms. The summed E-state index contributed by atoms with van der Waals surface area (Å²) < 4.78 is 55.9. The maximum Gasteiger partial charge on any atom is 0.419 e. The molecule has 2 aromatic heterocycles. The summed E-state index contributed by atoms with van der Waals surface area (Å²) in [6.07, 6.45) is 1.40. The van der Waals surface area contributed by atoms with Crippen LogP contribution in [-0.4, -0.2) is 39.4 Å². The van der Waals surface area contributed by atoms with Crippen molar-refractivity contribution in [2.75, 3.05) is 16.3 Å². The van der Waals surface area contributed by atoms with Crippen LogP contribution in [0.5, 0.6) is 0 Å². The summed E-state index contributed by atoms with van der Waals surface area (Å²) in [5.41, 5.74) is -3.49. The molecule has 40 heavy (non-hydrogen) atoms. The van der Waals surface area contributed by atoms with Gasteiger partial charge in [-0.1, -0.05) is 0 Å². The molecule has 8 nitrogen and oxygen atoms in total. The van der Waals surface area contributed by atoms with E-state index in [-0.39, 0.29) is 23.5 Å². The van der Waals surface area contributed by atoms with Gasteiger partial charge in [0.1, 0.15) is 17.4 Å². The molecule has 1 aliphatic carbocycles. The second-order valence-electron chi connectivity index (χ2n) is 9.50. The number of amides is 2. The Kier molecular flexibility index (Phi) is 7.14. The Morgan fingerprint density at radius 1 is 1.18 bits per heavy atom. The molecule has 13 heteroatoms. The van der Waals surface area contributed by atoms with Crippen LogP contribution in [0.15, 0.2) is 55.0 Å². The van der Waals surface area contributed by atoms with Gasteiger partial charge < -0.3 is 10.2 Å². The summed E-state index contributed by atoms with van der Waals surface area (Å²) in [5, 5.41) is 11.7. The number of rotatable bonds is 6. The fraction of sp³-hybridized carbons (Fsp3) is 0.296. The fourth-order valence-electron chi connectivity index (χ4n) is 5.06. The SMILES string of the molecule is N#Cc1ncc(N2C(=O)C3(CCC3)N(c3ccc(C(=O)NCCc4ccncc4)c(F)c3)C2S)cc1C(F)(F)F. The number of anilines is 2. The fourth-order valence-corrected chi connectivity index (χ4v) is 5.65. The number of hydrogen-bond donors (Lipinski definition) is 2. The number of carbonyl (C=O) groups excluding carboxylic acids is 2. The van der Waals surface area contributed by atoms with Crippen molar-refractivity contribution in [3.63, 3.8) is 0 Å². The minimum atomic E-state index is -4.87. The Morgan fingerprint density at radius 2 is 1.90 bits per heavy atom. The van der Waals surface area contributed by atoms with E-state index in [2.05, 4.69) is 27.9 Å². The molecular weight excluding hydrogens is 548 g/mol. The summed E-state index contributed by atoms with van der Waals surface area (Å²) in [5.74, 6) is -1.93. The molecule has 3 heterocycles. The van der Waals surface area contributed by atoms with E-state index in [4.69, 9.17) is 5.26 Å². The quantitative estimate of drug-likeness (QED) is 0.335. The number of benzene rings is 1. The lowest BCUT2D eigenvalue weighted by Gasteiger charge is -2.44. The third-order valence-corrected chi connectivity index (χ3v) is 7.67. The van der Waals surface area contributed by atoms with Crippen molar-refractivity contribution in [1.82, 2.24) is 15.3 Å². The lowest BCUT2D eigenvalue weighted by molar-refractivity contribution is -0.138. The van der Waals surface area contributed by atoms with Gasteiger partial charge in [-0.15, -0.1) is 12.6 Å². The van der Waals surface area contributed by atoms with E-state index in [1.165, 1.54) is 18.2 Å².